The minimum absolute atomic E-state index is 0.00530. The van der Waals surface area contributed by atoms with Gasteiger partial charge in [0, 0.05) is 11.6 Å². The summed E-state index contributed by atoms with van der Waals surface area (Å²) in [6, 6.07) is 12.4. The first-order chi connectivity index (χ1) is 13.5. The molecule has 0 saturated carbocycles. The van der Waals surface area contributed by atoms with E-state index in [9.17, 15) is 14.0 Å². The lowest BCUT2D eigenvalue weighted by Crippen LogP contribution is -2.41. The Morgan fingerprint density at radius 2 is 1.89 bits per heavy atom. The quantitative estimate of drug-likeness (QED) is 0.544. The third-order valence-corrected chi connectivity index (χ3v) is 4.44. The van der Waals surface area contributed by atoms with E-state index in [4.69, 9.17) is 4.52 Å². The number of para-hydroxylation sites is 1. The number of rotatable bonds is 4. The van der Waals surface area contributed by atoms with Crippen LogP contribution in [-0.4, -0.2) is 19.3 Å². The van der Waals surface area contributed by atoms with Crippen molar-refractivity contribution in [1.29, 1.82) is 0 Å². The molecular formula is C20H17FN4O3. The van der Waals surface area contributed by atoms with Crippen molar-refractivity contribution >= 4 is 10.9 Å². The molecule has 142 valence electrons. The summed E-state index contributed by atoms with van der Waals surface area (Å²) in [4.78, 5) is 29.9. The predicted octanol–water partition coefficient (Wildman–Crippen LogP) is 2.98. The van der Waals surface area contributed by atoms with Crippen LogP contribution in [0.5, 0.6) is 0 Å². The maximum atomic E-state index is 13.4. The third-order valence-electron chi connectivity index (χ3n) is 4.44. The highest BCUT2D eigenvalue weighted by atomic mass is 19.1. The zero-order valence-electron chi connectivity index (χ0n) is 15.3. The van der Waals surface area contributed by atoms with E-state index in [1.54, 1.807) is 50.2 Å². The fourth-order valence-corrected chi connectivity index (χ4v) is 3.15. The molecule has 7 nitrogen and oxygen atoms in total. The lowest BCUT2D eigenvalue weighted by Gasteiger charge is -2.14. The molecule has 4 aromatic rings. The lowest BCUT2D eigenvalue weighted by molar-refractivity contribution is 0.368. The van der Waals surface area contributed by atoms with Crippen molar-refractivity contribution in [3.8, 4) is 11.4 Å². The van der Waals surface area contributed by atoms with Crippen LogP contribution in [0.15, 0.2) is 62.6 Å². The summed E-state index contributed by atoms with van der Waals surface area (Å²) < 4.78 is 21.3. The molecule has 0 N–H and O–H groups in total. The van der Waals surface area contributed by atoms with Crippen molar-refractivity contribution in [2.24, 2.45) is 0 Å². The summed E-state index contributed by atoms with van der Waals surface area (Å²) in [6.45, 7) is 3.54. The smallest absolute Gasteiger partial charge is 0.332 e. The zero-order valence-corrected chi connectivity index (χ0v) is 15.3. The number of nitrogens with zero attached hydrogens (tertiary/aromatic N) is 4. The molecule has 0 unspecified atom stereocenters. The third kappa shape index (κ3) is 3.02. The van der Waals surface area contributed by atoms with E-state index < -0.39 is 11.5 Å². The molecule has 0 atom stereocenters. The first kappa shape index (κ1) is 17.8. The van der Waals surface area contributed by atoms with Gasteiger partial charge in [0.1, 0.15) is 12.4 Å². The Morgan fingerprint density at radius 3 is 2.64 bits per heavy atom. The Labute approximate surface area is 158 Å². The molecular weight excluding hydrogens is 363 g/mol. The average Bonchev–Trinajstić information content (AvgIpc) is 3.14. The topological polar surface area (TPSA) is 82.9 Å². The monoisotopic (exact) mass is 380 g/mol. The van der Waals surface area contributed by atoms with Gasteiger partial charge < -0.3 is 4.52 Å². The fraction of sp³-hybridized carbons (Fsp3) is 0.200. The molecule has 2 aromatic heterocycles. The van der Waals surface area contributed by atoms with E-state index in [1.807, 2.05) is 0 Å². The van der Waals surface area contributed by atoms with Crippen LogP contribution >= 0.6 is 0 Å². The number of hydrogen-bond donors (Lipinski definition) is 0. The Balaban J connectivity index is 1.83. The van der Waals surface area contributed by atoms with E-state index in [0.717, 1.165) is 0 Å². The Hall–Kier alpha value is -3.55. The summed E-state index contributed by atoms with van der Waals surface area (Å²) in [5.74, 6) is -0.000390. The van der Waals surface area contributed by atoms with Crippen LogP contribution in [0.3, 0.4) is 0 Å². The van der Waals surface area contributed by atoms with Crippen LogP contribution in [-0.2, 0) is 6.54 Å². The number of halogens is 1. The normalized spacial score (nSPS) is 11.4. The standard InChI is InChI=1S/C20H17FN4O3/c1-12(2)25-19(26)15-8-3-4-9-16(15)24(20(25)27)11-17-22-18(23-28-17)13-6-5-7-14(21)10-13/h3-10,12H,11H2,1-2H3. The van der Waals surface area contributed by atoms with Gasteiger partial charge in [-0.2, -0.15) is 4.98 Å². The van der Waals surface area contributed by atoms with E-state index in [1.165, 1.54) is 21.3 Å². The Bertz CT molecular complexity index is 1290. The molecule has 0 amide bonds. The molecule has 8 heteroatoms. The van der Waals surface area contributed by atoms with Gasteiger partial charge in [-0.3, -0.25) is 13.9 Å². The number of hydrogen-bond acceptors (Lipinski definition) is 5. The molecule has 2 aromatic carbocycles. The molecule has 0 radical (unpaired) electrons. The van der Waals surface area contributed by atoms with Crippen LogP contribution in [0, 0.1) is 5.82 Å². The first-order valence-corrected chi connectivity index (χ1v) is 8.78. The second-order valence-corrected chi connectivity index (χ2v) is 6.68. The maximum absolute atomic E-state index is 13.4. The second-order valence-electron chi connectivity index (χ2n) is 6.68. The molecule has 0 fully saturated rings. The maximum Gasteiger partial charge on any atom is 0.332 e. The van der Waals surface area contributed by atoms with E-state index >= 15 is 0 Å². The number of benzene rings is 2. The summed E-state index contributed by atoms with van der Waals surface area (Å²) in [5, 5.41) is 4.30. The highest BCUT2D eigenvalue weighted by Gasteiger charge is 2.17. The van der Waals surface area contributed by atoms with Gasteiger partial charge in [-0.05, 0) is 38.1 Å². The van der Waals surface area contributed by atoms with Crippen LogP contribution in [0.4, 0.5) is 4.39 Å². The van der Waals surface area contributed by atoms with Gasteiger partial charge in [0.2, 0.25) is 11.7 Å². The van der Waals surface area contributed by atoms with Gasteiger partial charge in [0.15, 0.2) is 0 Å². The number of aromatic nitrogens is 4. The molecule has 28 heavy (non-hydrogen) atoms. The van der Waals surface area contributed by atoms with Crippen LogP contribution in [0.1, 0.15) is 25.8 Å². The van der Waals surface area contributed by atoms with Crippen molar-refractivity contribution in [3.63, 3.8) is 0 Å². The molecule has 4 rings (SSSR count). The highest BCUT2D eigenvalue weighted by Crippen LogP contribution is 2.17. The van der Waals surface area contributed by atoms with Crippen molar-refractivity contribution < 1.29 is 8.91 Å². The molecule has 2 heterocycles. The SMILES string of the molecule is CC(C)n1c(=O)c2ccccc2n(Cc2nc(-c3cccc(F)c3)no2)c1=O. The molecule has 0 aliphatic carbocycles. The zero-order chi connectivity index (χ0) is 19.8. The first-order valence-electron chi connectivity index (χ1n) is 8.78. The van der Waals surface area contributed by atoms with Gasteiger partial charge >= 0.3 is 5.69 Å². The predicted molar refractivity (Wildman–Crippen MR) is 102 cm³/mol. The molecule has 0 spiro atoms. The van der Waals surface area contributed by atoms with Crippen LogP contribution in [0.2, 0.25) is 0 Å². The van der Waals surface area contributed by atoms with Gasteiger partial charge in [-0.15, -0.1) is 0 Å². The molecule has 0 aliphatic heterocycles. The minimum Gasteiger partial charge on any atom is -0.337 e. The highest BCUT2D eigenvalue weighted by molar-refractivity contribution is 5.77. The Morgan fingerprint density at radius 1 is 1.11 bits per heavy atom. The summed E-state index contributed by atoms with van der Waals surface area (Å²) in [7, 11) is 0. The molecule has 0 bridgehead atoms. The van der Waals surface area contributed by atoms with Gasteiger partial charge in [-0.1, -0.05) is 29.4 Å². The van der Waals surface area contributed by atoms with Gasteiger partial charge in [0.25, 0.3) is 5.56 Å². The van der Waals surface area contributed by atoms with Crippen molar-refractivity contribution in [3.05, 3.63) is 81.1 Å². The van der Waals surface area contributed by atoms with Crippen LogP contribution in [0.25, 0.3) is 22.3 Å². The van der Waals surface area contributed by atoms with Crippen LogP contribution < -0.4 is 11.2 Å². The van der Waals surface area contributed by atoms with Gasteiger partial charge in [-0.25, -0.2) is 9.18 Å². The summed E-state index contributed by atoms with van der Waals surface area (Å²) >= 11 is 0. The van der Waals surface area contributed by atoms with E-state index in [2.05, 4.69) is 10.1 Å². The van der Waals surface area contributed by atoms with Gasteiger partial charge in [0.05, 0.1) is 10.9 Å². The lowest BCUT2D eigenvalue weighted by atomic mass is 10.2. The largest absolute Gasteiger partial charge is 0.337 e. The Kier molecular flexibility index (Phi) is 4.38. The fourth-order valence-electron chi connectivity index (χ4n) is 3.15. The molecule has 0 saturated heterocycles. The second kappa shape index (κ2) is 6.88. The van der Waals surface area contributed by atoms with E-state index in [-0.39, 0.29) is 29.9 Å². The molecule has 0 aliphatic rings. The van der Waals surface area contributed by atoms with E-state index in [0.29, 0.717) is 16.5 Å². The van der Waals surface area contributed by atoms with Crippen molar-refractivity contribution in [2.45, 2.75) is 26.4 Å². The minimum atomic E-state index is -0.454. The summed E-state index contributed by atoms with van der Waals surface area (Å²) in [6.07, 6.45) is 0. The average molecular weight is 380 g/mol. The number of fused-ring (bicyclic) bond motifs is 1. The van der Waals surface area contributed by atoms with Crippen molar-refractivity contribution in [2.75, 3.05) is 0 Å². The summed E-state index contributed by atoms with van der Waals surface area (Å²) in [5.41, 5.74) is 0.168. The van der Waals surface area contributed by atoms with Crippen molar-refractivity contribution in [1.82, 2.24) is 19.3 Å².